The summed E-state index contributed by atoms with van der Waals surface area (Å²) in [6, 6.07) is 11.5. The van der Waals surface area contributed by atoms with Gasteiger partial charge in [0.15, 0.2) is 0 Å². The van der Waals surface area contributed by atoms with Crippen LogP contribution in [0.3, 0.4) is 0 Å². The number of nitrogens with zero attached hydrogens (tertiary/aromatic N) is 3. The molecule has 2 aliphatic rings. The van der Waals surface area contributed by atoms with Crippen LogP contribution in [-0.2, 0) is 12.8 Å². The Hall–Kier alpha value is -1.85. The highest BCUT2D eigenvalue weighted by molar-refractivity contribution is 8.02. The van der Waals surface area contributed by atoms with Crippen molar-refractivity contribution >= 4 is 23.8 Å². The molecule has 0 radical (unpaired) electrons. The van der Waals surface area contributed by atoms with Gasteiger partial charge in [0.2, 0.25) is 5.95 Å². The molecule has 1 saturated heterocycles. The lowest BCUT2D eigenvalue weighted by Crippen LogP contribution is -2.42. The van der Waals surface area contributed by atoms with Crippen LogP contribution in [0.25, 0.3) is 6.08 Å². The van der Waals surface area contributed by atoms with Crippen molar-refractivity contribution in [3.63, 3.8) is 0 Å². The predicted molar refractivity (Wildman–Crippen MR) is 124 cm³/mol. The molecule has 1 aliphatic carbocycles. The number of fused-ring (bicyclic) bond motifs is 1. The van der Waals surface area contributed by atoms with E-state index < -0.39 is 0 Å². The standard InChI is InChI=1S/C24H32N4S/c1-18(29-2)15-23-9-12-25-24(27-23)28-13-10-19(11-14-28)17-26-22-8-7-20-5-3-4-6-21(20)16-22/h3-6,9,12,15,19,22,26H,7-8,10-11,13-14,16-17H2,1-2H3/b18-15-. The minimum absolute atomic E-state index is 0.634. The maximum Gasteiger partial charge on any atom is 0.225 e. The van der Waals surface area contributed by atoms with Crippen LogP contribution in [0.2, 0.25) is 0 Å². The van der Waals surface area contributed by atoms with Crippen LogP contribution in [0.1, 0.15) is 43.0 Å². The lowest BCUT2D eigenvalue weighted by atomic mass is 9.87. The van der Waals surface area contributed by atoms with Crippen LogP contribution in [0.4, 0.5) is 5.95 Å². The summed E-state index contributed by atoms with van der Waals surface area (Å²) in [5, 5.41) is 3.86. The Morgan fingerprint density at radius 2 is 1.97 bits per heavy atom. The zero-order valence-electron chi connectivity index (χ0n) is 17.6. The van der Waals surface area contributed by atoms with Crippen LogP contribution in [0, 0.1) is 5.92 Å². The van der Waals surface area contributed by atoms with E-state index in [-0.39, 0.29) is 0 Å². The van der Waals surface area contributed by atoms with E-state index in [4.69, 9.17) is 4.98 Å². The van der Waals surface area contributed by atoms with Gasteiger partial charge in [0.1, 0.15) is 0 Å². The summed E-state index contributed by atoms with van der Waals surface area (Å²) in [5.41, 5.74) is 4.08. The molecule has 0 amide bonds. The highest BCUT2D eigenvalue weighted by atomic mass is 32.2. The summed E-state index contributed by atoms with van der Waals surface area (Å²) in [7, 11) is 0. The van der Waals surface area contributed by atoms with Crippen LogP contribution < -0.4 is 10.2 Å². The highest BCUT2D eigenvalue weighted by Gasteiger charge is 2.23. The van der Waals surface area contributed by atoms with Gasteiger partial charge >= 0.3 is 0 Å². The Kier molecular flexibility index (Phi) is 6.88. The van der Waals surface area contributed by atoms with E-state index in [1.807, 2.05) is 12.3 Å². The summed E-state index contributed by atoms with van der Waals surface area (Å²) in [5.74, 6) is 1.63. The van der Waals surface area contributed by atoms with Crippen LogP contribution in [0.5, 0.6) is 0 Å². The summed E-state index contributed by atoms with van der Waals surface area (Å²) < 4.78 is 0. The molecule has 1 fully saturated rings. The number of allylic oxidation sites excluding steroid dienone is 1. The lowest BCUT2D eigenvalue weighted by Gasteiger charge is -2.33. The minimum Gasteiger partial charge on any atom is -0.341 e. The third-order valence-corrected chi connectivity index (χ3v) is 7.04. The smallest absolute Gasteiger partial charge is 0.225 e. The summed E-state index contributed by atoms with van der Waals surface area (Å²) in [4.78, 5) is 12.9. The second-order valence-corrected chi connectivity index (χ2v) is 9.34. The molecule has 2 aromatic rings. The molecule has 4 nitrogen and oxygen atoms in total. The summed E-state index contributed by atoms with van der Waals surface area (Å²) in [6.07, 6.45) is 12.2. The number of benzene rings is 1. The zero-order valence-corrected chi connectivity index (χ0v) is 18.4. The largest absolute Gasteiger partial charge is 0.341 e. The normalized spacial score (nSPS) is 20.6. The average Bonchev–Trinajstić information content (AvgIpc) is 2.78. The molecule has 1 aromatic carbocycles. The first-order valence-electron chi connectivity index (χ1n) is 10.8. The van der Waals surface area contributed by atoms with E-state index in [9.17, 15) is 0 Å². The molecule has 1 unspecified atom stereocenters. The molecule has 0 spiro atoms. The van der Waals surface area contributed by atoms with E-state index >= 15 is 0 Å². The fraction of sp³-hybridized carbons (Fsp3) is 0.500. The van der Waals surface area contributed by atoms with E-state index in [1.165, 1.54) is 42.6 Å². The molecule has 154 valence electrons. The van der Waals surface area contributed by atoms with E-state index in [0.29, 0.717) is 6.04 Å². The van der Waals surface area contributed by atoms with Gasteiger partial charge in [-0.3, -0.25) is 0 Å². The van der Waals surface area contributed by atoms with Crippen LogP contribution in [-0.4, -0.2) is 41.9 Å². The Bertz CT molecular complexity index is 842. The van der Waals surface area contributed by atoms with E-state index in [2.05, 4.69) is 58.7 Å². The number of aromatic nitrogens is 2. The van der Waals surface area contributed by atoms with Gasteiger partial charge < -0.3 is 10.2 Å². The second kappa shape index (κ2) is 9.77. The zero-order chi connectivity index (χ0) is 20.1. The Morgan fingerprint density at radius 3 is 2.76 bits per heavy atom. The molecule has 1 aromatic heterocycles. The van der Waals surface area contributed by atoms with E-state index in [0.717, 1.165) is 37.2 Å². The van der Waals surface area contributed by atoms with Gasteiger partial charge in [0.05, 0.1) is 5.69 Å². The number of rotatable bonds is 6. The first-order chi connectivity index (χ1) is 14.2. The van der Waals surface area contributed by atoms with Crippen LogP contribution in [0.15, 0.2) is 41.4 Å². The lowest BCUT2D eigenvalue weighted by molar-refractivity contribution is 0.346. The quantitative estimate of drug-likeness (QED) is 0.759. The molecule has 5 heteroatoms. The van der Waals surface area contributed by atoms with Gasteiger partial charge in [-0.1, -0.05) is 24.3 Å². The molecular formula is C24H32N4S. The fourth-order valence-corrected chi connectivity index (χ4v) is 4.64. The number of aryl methyl sites for hydroxylation is 1. The molecule has 1 atom stereocenters. The number of thioether (sulfide) groups is 1. The van der Waals surface area contributed by atoms with Gasteiger partial charge in [0.25, 0.3) is 0 Å². The topological polar surface area (TPSA) is 41.1 Å². The predicted octanol–water partition coefficient (Wildman–Crippen LogP) is 4.56. The number of nitrogens with one attached hydrogen (secondary N) is 1. The number of anilines is 1. The molecule has 0 saturated carbocycles. The van der Waals surface area contributed by atoms with Gasteiger partial charge in [0, 0.05) is 25.3 Å². The van der Waals surface area contributed by atoms with Gasteiger partial charge in [-0.2, -0.15) is 0 Å². The van der Waals surface area contributed by atoms with Crippen molar-refractivity contribution in [2.75, 3.05) is 30.8 Å². The Morgan fingerprint density at radius 1 is 1.17 bits per heavy atom. The first kappa shape index (κ1) is 20.4. The third kappa shape index (κ3) is 5.40. The van der Waals surface area contributed by atoms with Crippen molar-refractivity contribution in [3.05, 3.63) is 58.3 Å². The second-order valence-electron chi connectivity index (χ2n) is 8.29. The Labute approximate surface area is 179 Å². The molecule has 1 aliphatic heterocycles. The van der Waals surface area contributed by atoms with Crippen molar-refractivity contribution in [2.45, 2.75) is 45.1 Å². The summed E-state index contributed by atoms with van der Waals surface area (Å²) >= 11 is 1.75. The molecule has 29 heavy (non-hydrogen) atoms. The number of hydrogen-bond acceptors (Lipinski definition) is 5. The Balaban J connectivity index is 1.26. The van der Waals surface area contributed by atoms with Crippen molar-refractivity contribution in [3.8, 4) is 0 Å². The maximum atomic E-state index is 4.76. The third-order valence-electron chi connectivity index (χ3n) is 6.28. The first-order valence-corrected chi connectivity index (χ1v) is 12.0. The van der Waals surface area contributed by atoms with Crippen molar-refractivity contribution < 1.29 is 0 Å². The number of hydrogen-bond donors (Lipinski definition) is 1. The van der Waals surface area contributed by atoms with Crippen LogP contribution >= 0.6 is 11.8 Å². The molecule has 2 heterocycles. The molecule has 0 bridgehead atoms. The van der Waals surface area contributed by atoms with Gasteiger partial charge in [-0.15, -0.1) is 11.8 Å². The van der Waals surface area contributed by atoms with Gasteiger partial charge in [-0.25, -0.2) is 9.97 Å². The highest BCUT2D eigenvalue weighted by Crippen LogP contribution is 2.24. The average molecular weight is 409 g/mol. The van der Waals surface area contributed by atoms with Crippen molar-refractivity contribution in [1.29, 1.82) is 0 Å². The number of piperidine rings is 1. The van der Waals surface area contributed by atoms with Crippen molar-refractivity contribution in [2.24, 2.45) is 5.92 Å². The minimum atomic E-state index is 0.634. The van der Waals surface area contributed by atoms with E-state index in [1.54, 1.807) is 17.3 Å². The molecule has 4 rings (SSSR count). The fourth-order valence-electron chi connectivity index (χ4n) is 4.40. The monoisotopic (exact) mass is 408 g/mol. The maximum absolute atomic E-state index is 4.76. The molecule has 1 N–H and O–H groups in total. The summed E-state index contributed by atoms with van der Waals surface area (Å²) in [6.45, 7) is 5.36. The SMILES string of the molecule is CS/C(C)=C\c1ccnc(N2CCC(CNC3CCc4ccccc4C3)CC2)n1. The van der Waals surface area contributed by atoms with Gasteiger partial charge in [-0.05, 0) is 85.9 Å². The van der Waals surface area contributed by atoms with Crippen molar-refractivity contribution in [1.82, 2.24) is 15.3 Å². The molecular weight excluding hydrogens is 376 g/mol.